The number of nitrogens with zero attached hydrogens (tertiary/aromatic N) is 1. The molecule has 1 aromatic carbocycles. The van der Waals surface area contributed by atoms with E-state index < -0.39 is 0 Å². The molecule has 4 amide bonds. The van der Waals surface area contributed by atoms with Gasteiger partial charge < -0.3 is 10.6 Å². The van der Waals surface area contributed by atoms with Crippen molar-refractivity contribution in [3.8, 4) is 0 Å². The van der Waals surface area contributed by atoms with Gasteiger partial charge in [0.25, 0.3) is 17.7 Å². The summed E-state index contributed by atoms with van der Waals surface area (Å²) in [6.07, 6.45) is 6.63. The molecule has 2 heterocycles. The van der Waals surface area contributed by atoms with Crippen LogP contribution in [-0.4, -0.2) is 41.6 Å². The van der Waals surface area contributed by atoms with Crippen molar-refractivity contribution in [1.82, 2.24) is 15.5 Å². The highest BCUT2D eigenvalue weighted by atomic mass is 16.2. The number of rotatable bonds is 6. The van der Waals surface area contributed by atoms with Gasteiger partial charge >= 0.3 is 0 Å². The van der Waals surface area contributed by atoms with Gasteiger partial charge in [-0.3, -0.25) is 24.1 Å². The van der Waals surface area contributed by atoms with Crippen LogP contribution >= 0.6 is 0 Å². The van der Waals surface area contributed by atoms with Gasteiger partial charge in [-0.05, 0) is 55.2 Å². The van der Waals surface area contributed by atoms with Crippen molar-refractivity contribution in [3.63, 3.8) is 0 Å². The Kier molecular flexibility index (Phi) is 5.47. The first-order chi connectivity index (χ1) is 14.0. The quantitative estimate of drug-likeness (QED) is 0.710. The maximum absolute atomic E-state index is 12.5. The molecule has 0 unspecified atom stereocenters. The van der Waals surface area contributed by atoms with Crippen molar-refractivity contribution >= 4 is 23.6 Å². The van der Waals surface area contributed by atoms with Gasteiger partial charge in [0, 0.05) is 43.3 Å². The molecule has 7 nitrogen and oxygen atoms in total. The van der Waals surface area contributed by atoms with Crippen molar-refractivity contribution in [3.05, 3.63) is 47.0 Å². The Balaban J connectivity index is 1.19. The van der Waals surface area contributed by atoms with E-state index in [1.807, 2.05) is 18.2 Å². The fourth-order valence-corrected chi connectivity index (χ4v) is 4.39. The fourth-order valence-electron chi connectivity index (χ4n) is 4.39. The van der Waals surface area contributed by atoms with Gasteiger partial charge in [0.05, 0.1) is 0 Å². The largest absolute Gasteiger partial charge is 0.356 e. The van der Waals surface area contributed by atoms with Crippen molar-refractivity contribution < 1.29 is 19.2 Å². The molecule has 29 heavy (non-hydrogen) atoms. The van der Waals surface area contributed by atoms with E-state index in [1.165, 1.54) is 17.1 Å². The van der Waals surface area contributed by atoms with E-state index in [1.54, 1.807) is 0 Å². The summed E-state index contributed by atoms with van der Waals surface area (Å²) in [7, 11) is 0. The van der Waals surface area contributed by atoms with Crippen molar-refractivity contribution in [1.29, 1.82) is 0 Å². The lowest BCUT2D eigenvalue weighted by Crippen LogP contribution is -2.38. The molecule has 0 aromatic heterocycles. The highest BCUT2D eigenvalue weighted by Gasteiger charge is 2.31. The van der Waals surface area contributed by atoms with Crippen LogP contribution in [0.5, 0.6) is 0 Å². The Morgan fingerprint density at radius 2 is 1.79 bits per heavy atom. The third kappa shape index (κ3) is 4.23. The Hall–Kier alpha value is -2.96. The van der Waals surface area contributed by atoms with E-state index in [4.69, 9.17) is 0 Å². The molecule has 0 atom stereocenters. The lowest BCUT2D eigenvalue weighted by molar-refractivity contribution is -0.138. The van der Waals surface area contributed by atoms with E-state index in [2.05, 4.69) is 10.6 Å². The smallest absolute Gasteiger partial charge is 0.253 e. The van der Waals surface area contributed by atoms with Crippen LogP contribution in [0.25, 0.3) is 0 Å². The monoisotopic (exact) mass is 395 g/mol. The number of nitrogens with one attached hydrogen (secondary N) is 2. The average Bonchev–Trinajstić information content (AvgIpc) is 3.25. The van der Waals surface area contributed by atoms with Crippen molar-refractivity contribution in [2.24, 2.45) is 11.8 Å². The van der Waals surface area contributed by atoms with Gasteiger partial charge in [-0.15, -0.1) is 0 Å². The molecule has 152 valence electrons. The lowest BCUT2D eigenvalue weighted by atomic mass is 9.81. The summed E-state index contributed by atoms with van der Waals surface area (Å²) in [5.41, 5.74) is 2.86. The van der Waals surface area contributed by atoms with Crippen LogP contribution in [0.15, 0.2) is 30.4 Å². The molecule has 2 aliphatic heterocycles. The highest BCUT2D eigenvalue weighted by Crippen LogP contribution is 2.30. The summed E-state index contributed by atoms with van der Waals surface area (Å²) in [4.78, 5) is 48.7. The van der Waals surface area contributed by atoms with E-state index in [9.17, 15) is 19.2 Å². The molecule has 7 heteroatoms. The Morgan fingerprint density at radius 3 is 2.52 bits per heavy atom. The van der Waals surface area contributed by atoms with E-state index in [-0.39, 0.29) is 35.5 Å². The summed E-state index contributed by atoms with van der Waals surface area (Å²) in [6, 6.07) is 5.82. The summed E-state index contributed by atoms with van der Waals surface area (Å²) >= 11 is 0. The number of carbonyl (C=O) groups is 4. The predicted molar refractivity (Wildman–Crippen MR) is 106 cm³/mol. The van der Waals surface area contributed by atoms with Crippen LogP contribution in [0.3, 0.4) is 0 Å². The normalized spacial score (nSPS) is 23.3. The molecule has 2 N–H and O–H groups in total. The van der Waals surface area contributed by atoms with Crippen LogP contribution in [0, 0.1) is 11.8 Å². The van der Waals surface area contributed by atoms with Gasteiger partial charge in [0.2, 0.25) is 5.91 Å². The first-order valence-electron chi connectivity index (χ1n) is 10.2. The molecular formula is C22H25N3O4. The standard InChI is InChI=1S/C22H25N3O4/c26-19-7-8-20(27)25(19)13-15-1-4-16(5-2-15)21(28)23-10-9-14-3-6-18-17(11-14)12-24-22(18)29/h3,6-8,11,15-16H,1-2,4-5,9-10,12-13H2,(H,23,28)(H,24,29). The number of imide groups is 1. The molecule has 4 rings (SSSR count). The zero-order chi connectivity index (χ0) is 20.4. The second-order valence-electron chi connectivity index (χ2n) is 8.05. The molecular weight excluding hydrogens is 370 g/mol. The summed E-state index contributed by atoms with van der Waals surface area (Å²) in [6.45, 7) is 1.60. The molecule has 0 bridgehead atoms. The average molecular weight is 395 g/mol. The van der Waals surface area contributed by atoms with E-state index in [0.29, 0.717) is 19.6 Å². The van der Waals surface area contributed by atoms with Crippen LogP contribution in [-0.2, 0) is 27.3 Å². The second kappa shape index (κ2) is 8.19. The van der Waals surface area contributed by atoms with Crippen LogP contribution < -0.4 is 10.6 Å². The predicted octanol–water partition coefficient (Wildman–Crippen LogP) is 1.32. The lowest BCUT2D eigenvalue weighted by Gasteiger charge is -2.30. The van der Waals surface area contributed by atoms with E-state index in [0.717, 1.165) is 48.8 Å². The number of fused-ring (bicyclic) bond motifs is 1. The minimum atomic E-state index is -0.235. The van der Waals surface area contributed by atoms with Crippen LogP contribution in [0.2, 0.25) is 0 Å². The minimum absolute atomic E-state index is 0.00352. The number of carbonyl (C=O) groups excluding carboxylic acids is 4. The molecule has 1 saturated carbocycles. The van der Waals surface area contributed by atoms with Crippen LogP contribution in [0.1, 0.15) is 47.2 Å². The third-order valence-corrected chi connectivity index (χ3v) is 6.13. The van der Waals surface area contributed by atoms with E-state index >= 15 is 0 Å². The Morgan fingerprint density at radius 1 is 1.07 bits per heavy atom. The summed E-state index contributed by atoms with van der Waals surface area (Å²) in [5, 5.41) is 5.84. The Bertz CT molecular complexity index is 866. The second-order valence-corrected chi connectivity index (χ2v) is 8.05. The molecule has 1 aliphatic carbocycles. The van der Waals surface area contributed by atoms with Crippen LogP contribution in [0.4, 0.5) is 0 Å². The zero-order valence-electron chi connectivity index (χ0n) is 16.3. The molecule has 0 radical (unpaired) electrons. The number of hydrogen-bond donors (Lipinski definition) is 2. The number of amides is 4. The number of hydrogen-bond acceptors (Lipinski definition) is 4. The van der Waals surface area contributed by atoms with Gasteiger partial charge in [-0.25, -0.2) is 0 Å². The molecule has 0 spiro atoms. The van der Waals surface area contributed by atoms with Gasteiger partial charge in [0.15, 0.2) is 0 Å². The first kappa shape index (κ1) is 19.4. The van der Waals surface area contributed by atoms with Gasteiger partial charge in [0.1, 0.15) is 0 Å². The van der Waals surface area contributed by atoms with Gasteiger partial charge in [-0.1, -0.05) is 12.1 Å². The summed E-state index contributed by atoms with van der Waals surface area (Å²) in [5.74, 6) is -0.143. The summed E-state index contributed by atoms with van der Waals surface area (Å²) < 4.78 is 0. The zero-order valence-corrected chi connectivity index (χ0v) is 16.3. The van der Waals surface area contributed by atoms with Crippen molar-refractivity contribution in [2.45, 2.75) is 38.6 Å². The highest BCUT2D eigenvalue weighted by molar-refractivity contribution is 6.12. The molecule has 1 aromatic rings. The number of benzene rings is 1. The third-order valence-electron chi connectivity index (χ3n) is 6.13. The fraction of sp³-hybridized carbons (Fsp3) is 0.455. The Labute approximate surface area is 169 Å². The maximum Gasteiger partial charge on any atom is 0.253 e. The van der Waals surface area contributed by atoms with Gasteiger partial charge in [-0.2, -0.15) is 0 Å². The SMILES string of the molecule is O=C1NCc2cc(CCNC(=O)C3CCC(CN4C(=O)C=CC4=O)CC3)ccc21. The molecule has 0 saturated heterocycles. The minimum Gasteiger partial charge on any atom is -0.356 e. The molecule has 1 fully saturated rings. The maximum atomic E-state index is 12.5. The first-order valence-corrected chi connectivity index (χ1v) is 10.2. The van der Waals surface area contributed by atoms with Crippen molar-refractivity contribution in [2.75, 3.05) is 13.1 Å². The topological polar surface area (TPSA) is 95.6 Å². The molecule has 3 aliphatic rings.